The van der Waals surface area contributed by atoms with Gasteiger partial charge in [0.2, 0.25) is 0 Å². The number of fused-ring (bicyclic) bond motifs is 1. The van der Waals surface area contributed by atoms with E-state index in [1.807, 2.05) is 0 Å². The summed E-state index contributed by atoms with van der Waals surface area (Å²) in [5.41, 5.74) is 0.498. The van der Waals surface area contributed by atoms with Gasteiger partial charge < -0.3 is 5.11 Å². The largest absolute Gasteiger partial charge is 0.503 e. The standard InChI is InChI=1S/C12H6F2N4OS/c13-8-4-6(5-9(14)10(8)19)16-17-12-7-2-1-3-15-11(7)18-20-12/h1-5,19H/b17-16+. The number of rotatable bonds is 2. The Morgan fingerprint density at radius 1 is 1.15 bits per heavy atom. The van der Waals surface area contributed by atoms with E-state index >= 15 is 0 Å². The van der Waals surface area contributed by atoms with Gasteiger partial charge in [0, 0.05) is 18.3 Å². The van der Waals surface area contributed by atoms with Crippen molar-refractivity contribution in [3.8, 4) is 5.75 Å². The third-order valence-corrected chi connectivity index (χ3v) is 3.23. The average Bonchev–Trinajstić information content (AvgIpc) is 2.85. The minimum Gasteiger partial charge on any atom is -0.503 e. The molecule has 0 fully saturated rings. The first kappa shape index (κ1) is 12.5. The van der Waals surface area contributed by atoms with Crippen LogP contribution in [0.2, 0.25) is 0 Å². The monoisotopic (exact) mass is 292 g/mol. The average molecular weight is 292 g/mol. The first-order valence-electron chi connectivity index (χ1n) is 5.45. The summed E-state index contributed by atoms with van der Waals surface area (Å²) in [6.45, 7) is 0. The molecule has 0 aliphatic rings. The fourth-order valence-electron chi connectivity index (χ4n) is 1.56. The summed E-state index contributed by atoms with van der Waals surface area (Å²) in [6, 6.07) is 5.29. The highest BCUT2D eigenvalue weighted by Gasteiger charge is 2.10. The molecule has 2 aromatic heterocycles. The van der Waals surface area contributed by atoms with Gasteiger partial charge in [-0.25, -0.2) is 13.8 Å². The number of benzene rings is 1. The second kappa shape index (κ2) is 4.89. The lowest BCUT2D eigenvalue weighted by molar-refractivity contribution is 0.396. The van der Waals surface area contributed by atoms with Gasteiger partial charge in [-0.3, -0.25) is 0 Å². The molecule has 0 bridgehead atoms. The molecule has 8 heteroatoms. The summed E-state index contributed by atoms with van der Waals surface area (Å²) >= 11 is 1.08. The van der Waals surface area contributed by atoms with E-state index in [-0.39, 0.29) is 5.69 Å². The van der Waals surface area contributed by atoms with E-state index in [0.29, 0.717) is 16.0 Å². The number of azo groups is 1. The normalized spacial score (nSPS) is 11.5. The van der Waals surface area contributed by atoms with Crippen LogP contribution in [0.3, 0.4) is 0 Å². The summed E-state index contributed by atoms with van der Waals surface area (Å²) < 4.78 is 30.4. The first-order valence-corrected chi connectivity index (χ1v) is 6.22. The van der Waals surface area contributed by atoms with E-state index in [1.165, 1.54) is 0 Å². The van der Waals surface area contributed by atoms with Crippen LogP contribution in [0.15, 0.2) is 40.7 Å². The molecule has 0 spiro atoms. The van der Waals surface area contributed by atoms with Crippen molar-refractivity contribution >= 4 is 33.3 Å². The van der Waals surface area contributed by atoms with Gasteiger partial charge in [-0.05, 0) is 23.7 Å². The fraction of sp³-hybridized carbons (Fsp3) is 0. The van der Waals surface area contributed by atoms with E-state index in [2.05, 4.69) is 19.6 Å². The molecular formula is C12H6F2N4OS. The molecule has 0 amide bonds. The van der Waals surface area contributed by atoms with Gasteiger partial charge in [-0.2, -0.15) is 4.37 Å². The Morgan fingerprint density at radius 3 is 2.65 bits per heavy atom. The van der Waals surface area contributed by atoms with Crippen molar-refractivity contribution in [1.82, 2.24) is 9.36 Å². The lowest BCUT2D eigenvalue weighted by Gasteiger charge is -1.98. The summed E-state index contributed by atoms with van der Waals surface area (Å²) in [4.78, 5) is 4.04. The SMILES string of the molecule is Oc1c(F)cc(/N=N/c2snc3ncccc23)cc1F. The second-order valence-corrected chi connectivity index (χ2v) is 4.57. The summed E-state index contributed by atoms with van der Waals surface area (Å²) in [5.74, 6) is -3.21. The molecule has 0 saturated heterocycles. The van der Waals surface area contributed by atoms with Crippen LogP contribution < -0.4 is 0 Å². The van der Waals surface area contributed by atoms with Gasteiger partial charge in [-0.15, -0.1) is 10.2 Å². The number of phenols is 1. The van der Waals surface area contributed by atoms with Crippen LogP contribution in [0, 0.1) is 11.6 Å². The molecule has 0 aliphatic carbocycles. The van der Waals surface area contributed by atoms with Gasteiger partial charge in [0.05, 0.1) is 11.1 Å². The van der Waals surface area contributed by atoms with Crippen LogP contribution in [0.4, 0.5) is 19.5 Å². The zero-order chi connectivity index (χ0) is 14.1. The third kappa shape index (κ3) is 2.21. The van der Waals surface area contributed by atoms with E-state index in [9.17, 15) is 8.78 Å². The number of halogens is 2. The third-order valence-electron chi connectivity index (χ3n) is 2.49. The molecular weight excluding hydrogens is 286 g/mol. The molecule has 3 aromatic rings. The first-order chi connectivity index (χ1) is 9.65. The zero-order valence-corrected chi connectivity index (χ0v) is 10.6. The number of pyridine rings is 1. The van der Waals surface area contributed by atoms with Crippen LogP contribution in [-0.2, 0) is 0 Å². The maximum atomic E-state index is 13.1. The topological polar surface area (TPSA) is 70.7 Å². The Labute approximate surface area is 115 Å². The maximum absolute atomic E-state index is 13.1. The Kier molecular flexibility index (Phi) is 3.07. The number of aromatic nitrogens is 2. The van der Waals surface area contributed by atoms with Gasteiger partial charge in [0.25, 0.3) is 0 Å². The van der Waals surface area contributed by atoms with Gasteiger partial charge in [-0.1, -0.05) is 0 Å². The molecule has 100 valence electrons. The minimum absolute atomic E-state index is 0.0387. The number of nitrogens with zero attached hydrogens (tertiary/aromatic N) is 4. The predicted octanol–water partition coefficient (Wildman–Crippen LogP) is 4.09. The number of phenolic OH excluding ortho intramolecular Hbond substituents is 1. The summed E-state index contributed by atoms with van der Waals surface area (Å²) in [7, 11) is 0. The molecule has 3 rings (SSSR count). The van der Waals surface area contributed by atoms with E-state index < -0.39 is 17.4 Å². The van der Waals surface area contributed by atoms with Crippen LogP contribution in [0.1, 0.15) is 0 Å². The zero-order valence-electron chi connectivity index (χ0n) is 9.79. The Morgan fingerprint density at radius 2 is 1.90 bits per heavy atom. The number of hydrogen-bond acceptors (Lipinski definition) is 6. The molecule has 0 aliphatic heterocycles. The molecule has 1 N–H and O–H groups in total. The van der Waals surface area contributed by atoms with E-state index in [0.717, 1.165) is 23.7 Å². The summed E-state index contributed by atoms with van der Waals surface area (Å²) in [5, 5.41) is 17.8. The lowest BCUT2D eigenvalue weighted by atomic mass is 10.3. The van der Waals surface area contributed by atoms with Crippen LogP contribution >= 0.6 is 11.5 Å². The Balaban J connectivity index is 1.98. The molecule has 2 heterocycles. The lowest BCUT2D eigenvalue weighted by Crippen LogP contribution is -1.81. The van der Waals surface area contributed by atoms with Crippen molar-refractivity contribution < 1.29 is 13.9 Å². The number of aromatic hydroxyl groups is 1. The fourth-order valence-corrected chi connectivity index (χ4v) is 2.21. The van der Waals surface area contributed by atoms with Crippen molar-refractivity contribution in [2.24, 2.45) is 10.2 Å². The van der Waals surface area contributed by atoms with Crippen molar-refractivity contribution in [2.75, 3.05) is 0 Å². The van der Waals surface area contributed by atoms with Crippen molar-refractivity contribution in [3.05, 3.63) is 42.1 Å². The van der Waals surface area contributed by atoms with Crippen molar-refractivity contribution in [2.45, 2.75) is 0 Å². The molecule has 5 nitrogen and oxygen atoms in total. The van der Waals surface area contributed by atoms with Gasteiger partial charge in [0.15, 0.2) is 28.0 Å². The van der Waals surface area contributed by atoms with Gasteiger partial charge in [0.1, 0.15) is 0 Å². The van der Waals surface area contributed by atoms with Crippen molar-refractivity contribution in [1.29, 1.82) is 0 Å². The molecule has 0 radical (unpaired) electrons. The Bertz CT molecular complexity index is 795. The second-order valence-electron chi connectivity index (χ2n) is 3.82. The highest BCUT2D eigenvalue weighted by Crippen LogP contribution is 2.32. The smallest absolute Gasteiger partial charge is 0.187 e. The van der Waals surface area contributed by atoms with E-state index in [4.69, 9.17) is 5.11 Å². The molecule has 0 atom stereocenters. The predicted molar refractivity (Wildman–Crippen MR) is 69.6 cm³/mol. The summed E-state index contributed by atoms with van der Waals surface area (Å²) in [6.07, 6.45) is 1.60. The molecule has 20 heavy (non-hydrogen) atoms. The van der Waals surface area contributed by atoms with E-state index in [1.54, 1.807) is 18.3 Å². The molecule has 0 saturated carbocycles. The highest BCUT2D eigenvalue weighted by molar-refractivity contribution is 7.11. The highest BCUT2D eigenvalue weighted by atomic mass is 32.1. The number of hydrogen-bond donors (Lipinski definition) is 1. The van der Waals surface area contributed by atoms with Gasteiger partial charge >= 0.3 is 0 Å². The minimum atomic E-state index is -1.09. The quantitative estimate of drug-likeness (QED) is 0.723. The van der Waals surface area contributed by atoms with Crippen LogP contribution in [-0.4, -0.2) is 14.5 Å². The maximum Gasteiger partial charge on any atom is 0.187 e. The van der Waals surface area contributed by atoms with Crippen LogP contribution in [0.5, 0.6) is 5.75 Å². The Hall–Kier alpha value is -2.48. The van der Waals surface area contributed by atoms with Crippen LogP contribution in [0.25, 0.3) is 11.0 Å². The molecule has 1 aromatic carbocycles. The van der Waals surface area contributed by atoms with Crippen molar-refractivity contribution in [3.63, 3.8) is 0 Å². The molecule has 0 unspecified atom stereocenters.